The third-order valence-electron chi connectivity index (χ3n) is 4.68. The third-order valence-corrected chi connectivity index (χ3v) is 7.65. The van der Waals surface area contributed by atoms with Crippen molar-refractivity contribution in [2.24, 2.45) is 0 Å². The Morgan fingerprint density at radius 1 is 0.652 bits per heavy atom. The Morgan fingerprint density at radius 3 is 1.48 bits per heavy atom. The van der Waals surface area contributed by atoms with Gasteiger partial charge in [0.05, 0.1) is 0 Å². The molecule has 8 heteroatoms. The van der Waals surface area contributed by atoms with Crippen LogP contribution in [-0.4, -0.2) is 66.3 Å². The van der Waals surface area contributed by atoms with E-state index in [4.69, 9.17) is 0 Å². The fraction of sp³-hybridized carbons (Fsp3) is 1.00. The van der Waals surface area contributed by atoms with Crippen LogP contribution in [-0.2, 0) is 0 Å². The Bertz CT molecular complexity index is 292. The highest BCUT2D eigenvalue weighted by molar-refractivity contribution is 8.28. The molecule has 0 aromatic carbocycles. The highest BCUT2D eigenvalue weighted by atomic mass is 32.2. The van der Waals surface area contributed by atoms with Gasteiger partial charge in [-0.25, -0.2) is 0 Å². The molecule has 1 saturated heterocycles. The van der Waals surface area contributed by atoms with Gasteiger partial charge in [0.2, 0.25) is 0 Å². The van der Waals surface area contributed by atoms with Gasteiger partial charge in [0.1, 0.15) is 0 Å². The fourth-order valence-electron chi connectivity index (χ4n) is 3.20. The van der Waals surface area contributed by atoms with Gasteiger partial charge in [0.15, 0.2) is 0 Å². The van der Waals surface area contributed by atoms with Crippen LogP contribution in [0.3, 0.4) is 0 Å². The molecule has 0 spiro atoms. The average Bonchev–Trinajstić information content (AvgIpc) is 2.54. The molecule has 0 radical (unpaired) electrons. The van der Waals surface area contributed by atoms with E-state index in [0.717, 1.165) is 0 Å². The van der Waals surface area contributed by atoms with Crippen LogP contribution in [0, 0.1) is 0 Å². The van der Waals surface area contributed by atoms with Gasteiger partial charge in [0, 0.05) is 0 Å². The Kier molecular flexibility index (Phi) is 11.6. The molecule has 0 N–H and O–H groups in total. The summed E-state index contributed by atoms with van der Waals surface area (Å²) in [7, 11) is 6.96. The first-order valence-electron chi connectivity index (χ1n) is 9.47. The van der Waals surface area contributed by atoms with Crippen LogP contribution in [0.25, 0.3) is 0 Å². The summed E-state index contributed by atoms with van der Waals surface area (Å²) < 4.78 is 7.79. The summed E-state index contributed by atoms with van der Waals surface area (Å²) in [6, 6.07) is 0. The molecule has 23 heavy (non-hydrogen) atoms. The molecule has 132 valence electrons. The van der Waals surface area contributed by atoms with E-state index in [9.17, 15) is 0 Å². The van der Waals surface area contributed by atoms with Crippen molar-refractivity contribution >= 4 is 42.7 Å². The summed E-state index contributed by atoms with van der Waals surface area (Å²) in [5.41, 5.74) is 0. The van der Waals surface area contributed by atoms with Crippen LogP contribution < -0.4 is 0 Å². The van der Waals surface area contributed by atoms with Crippen LogP contribution >= 0.6 is 23.2 Å². The highest BCUT2D eigenvalue weighted by Crippen LogP contribution is 2.30. The highest BCUT2D eigenvalue weighted by Gasteiger charge is 2.48. The maximum absolute atomic E-state index is 2.60. The van der Waals surface area contributed by atoms with Gasteiger partial charge in [-0.05, 0) is 51.8 Å². The minimum Gasteiger partial charge on any atom is -0.350 e. The second-order valence-electron chi connectivity index (χ2n) is 6.72. The maximum Gasteiger partial charge on any atom is 0.361 e. The molecule has 0 bridgehead atoms. The molecule has 1 aliphatic heterocycles. The van der Waals surface area contributed by atoms with E-state index < -0.39 is 0 Å². The molecule has 3 nitrogen and oxygen atoms in total. The zero-order valence-corrected chi connectivity index (χ0v) is 17.9. The molecule has 0 unspecified atom stereocenters. The second kappa shape index (κ2) is 12.2. The molecule has 1 rings (SSSR count). The zero-order valence-electron chi connectivity index (χ0n) is 16.3. The minimum absolute atomic E-state index is 0.513. The Balaban J connectivity index is 2.77. The van der Waals surface area contributed by atoms with Crippen LogP contribution in [0.5, 0.6) is 0 Å². The Hall–Kier alpha value is 0.775. The molecule has 0 atom stereocenters. The normalized spacial score (nSPS) is 18.3. The maximum atomic E-state index is 2.60. The SMILES string of the molecule is CCCCSB1N(C)B(CCCC)N(C)B(SCCCC)N1C. The first-order valence-corrected chi connectivity index (χ1v) is 11.6. The summed E-state index contributed by atoms with van der Waals surface area (Å²) in [6.07, 6.45) is 10.2. The molecule has 1 heterocycles. The van der Waals surface area contributed by atoms with Gasteiger partial charge in [-0.2, -0.15) is 23.2 Å². The average molecular weight is 355 g/mol. The number of rotatable bonds is 11. The van der Waals surface area contributed by atoms with Crippen molar-refractivity contribution in [3.8, 4) is 0 Å². The van der Waals surface area contributed by atoms with Crippen molar-refractivity contribution in [2.75, 3.05) is 32.6 Å². The molecule has 0 amide bonds. The van der Waals surface area contributed by atoms with E-state index in [-0.39, 0.29) is 0 Å². The minimum atomic E-state index is 0.513. The van der Waals surface area contributed by atoms with Crippen LogP contribution in [0.4, 0.5) is 0 Å². The predicted molar refractivity (Wildman–Crippen MR) is 115 cm³/mol. The van der Waals surface area contributed by atoms with E-state index >= 15 is 0 Å². The number of hydrogen-bond acceptors (Lipinski definition) is 5. The lowest BCUT2D eigenvalue weighted by molar-refractivity contribution is 0.556. The smallest absolute Gasteiger partial charge is 0.350 e. The predicted octanol–water partition coefficient (Wildman–Crippen LogP) is 4.12. The molecular formula is C15H36B3N3S2. The summed E-state index contributed by atoms with van der Waals surface area (Å²) in [6.45, 7) is 7.45. The van der Waals surface area contributed by atoms with Crippen molar-refractivity contribution in [2.45, 2.75) is 65.6 Å². The largest absolute Gasteiger partial charge is 0.361 e. The van der Waals surface area contributed by atoms with E-state index in [1.54, 1.807) is 0 Å². The first-order chi connectivity index (χ1) is 11.1. The lowest BCUT2D eigenvalue weighted by atomic mass is 9.55. The second-order valence-corrected chi connectivity index (χ2v) is 9.05. The van der Waals surface area contributed by atoms with E-state index in [2.05, 4.69) is 79.3 Å². The summed E-state index contributed by atoms with van der Waals surface area (Å²) in [4.78, 5) is 0. The zero-order chi connectivity index (χ0) is 17.2. The van der Waals surface area contributed by atoms with Gasteiger partial charge in [-0.15, -0.1) is 0 Å². The third kappa shape index (κ3) is 6.54. The van der Waals surface area contributed by atoms with Gasteiger partial charge in [-0.3, -0.25) is 0 Å². The lowest BCUT2D eigenvalue weighted by Crippen LogP contribution is -2.73. The van der Waals surface area contributed by atoms with Crippen LogP contribution in [0.2, 0.25) is 6.32 Å². The van der Waals surface area contributed by atoms with E-state index in [0.29, 0.717) is 19.5 Å². The van der Waals surface area contributed by atoms with Crippen molar-refractivity contribution < 1.29 is 0 Å². The van der Waals surface area contributed by atoms with Crippen LogP contribution in [0.1, 0.15) is 59.3 Å². The number of nitrogens with zero attached hydrogens (tertiary/aromatic N) is 3. The van der Waals surface area contributed by atoms with Gasteiger partial charge < -0.3 is 14.2 Å². The summed E-state index contributed by atoms with van der Waals surface area (Å²) in [5.74, 6) is 2.54. The van der Waals surface area contributed by atoms with Gasteiger partial charge in [-0.1, -0.05) is 46.5 Å². The number of hydrogen-bond donors (Lipinski definition) is 0. The molecule has 0 aromatic heterocycles. The van der Waals surface area contributed by atoms with Gasteiger partial charge in [0.25, 0.3) is 6.98 Å². The van der Waals surface area contributed by atoms with E-state index in [1.165, 1.54) is 56.4 Å². The summed E-state index contributed by atoms with van der Waals surface area (Å²) >= 11 is 4.26. The molecule has 1 fully saturated rings. The molecular weight excluding hydrogens is 319 g/mol. The van der Waals surface area contributed by atoms with Crippen molar-refractivity contribution in [3.05, 3.63) is 0 Å². The molecule has 0 aromatic rings. The first kappa shape index (κ1) is 21.8. The topological polar surface area (TPSA) is 9.72 Å². The Labute approximate surface area is 155 Å². The molecule has 1 aliphatic rings. The fourth-order valence-corrected chi connectivity index (χ4v) is 6.06. The molecule has 0 saturated carbocycles. The standard InChI is InChI=1S/C15H36B3N3S2/c1-7-10-13-16-19(4)17(22-14-11-8-2)21(6)18(20(16)5)23-15-12-9-3/h7-15H2,1-6H3. The van der Waals surface area contributed by atoms with Crippen molar-refractivity contribution in [1.29, 1.82) is 0 Å². The molecule has 0 aliphatic carbocycles. The Morgan fingerprint density at radius 2 is 1.09 bits per heavy atom. The quantitative estimate of drug-likeness (QED) is 0.406. The van der Waals surface area contributed by atoms with E-state index in [1.807, 2.05) is 0 Å². The van der Waals surface area contributed by atoms with Crippen molar-refractivity contribution in [3.63, 3.8) is 0 Å². The van der Waals surface area contributed by atoms with Crippen LogP contribution in [0.15, 0.2) is 0 Å². The monoisotopic (exact) mass is 355 g/mol. The lowest BCUT2D eigenvalue weighted by Gasteiger charge is -2.49. The van der Waals surface area contributed by atoms with Crippen molar-refractivity contribution in [1.82, 2.24) is 14.2 Å². The van der Waals surface area contributed by atoms with Gasteiger partial charge >= 0.3 is 12.5 Å². The number of unbranched alkanes of at least 4 members (excludes halogenated alkanes) is 3. The summed E-state index contributed by atoms with van der Waals surface area (Å²) in [5, 5.41) is 0.